The van der Waals surface area contributed by atoms with Gasteiger partial charge >= 0.3 is 0 Å². The second-order valence-electron chi connectivity index (χ2n) is 5.22. The van der Waals surface area contributed by atoms with Gasteiger partial charge in [-0.3, -0.25) is 4.79 Å². The summed E-state index contributed by atoms with van der Waals surface area (Å²) in [6, 6.07) is 18.1. The molecule has 1 N–H and O–H groups in total. The molecule has 4 nitrogen and oxygen atoms in total. The number of hydrogen-bond acceptors (Lipinski definition) is 2. The van der Waals surface area contributed by atoms with Crippen molar-refractivity contribution in [3.63, 3.8) is 0 Å². The normalized spacial score (nSPS) is 10.8. The van der Waals surface area contributed by atoms with Gasteiger partial charge in [0.1, 0.15) is 12.4 Å². The highest BCUT2D eigenvalue weighted by Crippen LogP contribution is 2.18. The van der Waals surface area contributed by atoms with Crippen LogP contribution in [0.2, 0.25) is 0 Å². The lowest BCUT2D eigenvalue weighted by atomic mass is 10.1. The van der Waals surface area contributed by atoms with Crippen LogP contribution >= 0.6 is 0 Å². The number of benzene rings is 2. The van der Waals surface area contributed by atoms with Crippen LogP contribution in [-0.2, 0) is 17.8 Å². The lowest BCUT2D eigenvalue weighted by Crippen LogP contribution is -2.27. The van der Waals surface area contributed by atoms with E-state index in [1.807, 2.05) is 54.0 Å². The first-order valence-corrected chi connectivity index (χ1v) is 7.52. The lowest BCUT2D eigenvalue weighted by molar-refractivity contribution is -0.121. The number of imidazole rings is 1. The van der Waals surface area contributed by atoms with Gasteiger partial charge in [0, 0.05) is 13.0 Å². The van der Waals surface area contributed by atoms with E-state index in [9.17, 15) is 4.79 Å². The number of aromatic nitrogens is 2. The van der Waals surface area contributed by atoms with Crippen LogP contribution in [0, 0.1) is 0 Å². The fourth-order valence-electron chi connectivity index (χ4n) is 2.61. The van der Waals surface area contributed by atoms with Crippen LogP contribution in [0.15, 0.2) is 54.6 Å². The second kappa shape index (κ2) is 6.43. The molecule has 0 aliphatic heterocycles. The number of nitrogens with one attached hydrogen (secondary N) is 1. The highest BCUT2D eigenvalue weighted by Gasteiger charge is 2.13. The topological polar surface area (TPSA) is 46.9 Å². The van der Waals surface area contributed by atoms with Crippen molar-refractivity contribution in [1.82, 2.24) is 14.9 Å². The molecule has 1 heterocycles. The molecule has 1 amide bonds. The van der Waals surface area contributed by atoms with Crippen LogP contribution in [-0.4, -0.2) is 22.0 Å². The number of nitrogens with zero attached hydrogens (tertiary/aromatic N) is 2. The number of carbonyl (C=O) groups is 1. The van der Waals surface area contributed by atoms with Crippen molar-refractivity contribution in [2.24, 2.45) is 0 Å². The molecule has 0 bridgehead atoms. The number of hydrogen-bond donors (Lipinski definition) is 1. The van der Waals surface area contributed by atoms with Gasteiger partial charge in [-0.05, 0) is 24.6 Å². The number of rotatable bonds is 5. The van der Waals surface area contributed by atoms with Gasteiger partial charge in [-0.25, -0.2) is 4.98 Å². The average molecular weight is 293 g/mol. The van der Waals surface area contributed by atoms with Crippen molar-refractivity contribution in [3.8, 4) is 0 Å². The molecule has 0 saturated heterocycles. The first kappa shape index (κ1) is 14.3. The van der Waals surface area contributed by atoms with Crippen LogP contribution < -0.4 is 5.32 Å². The van der Waals surface area contributed by atoms with E-state index in [0.29, 0.717) is 13.1 Å². The van der Waals surface area contributed by atoms with E-state index in [4.69, 9.17) is 4.98 Å². The van der Waals surface area contributed by atoms with Gasteiger partial charge < -0.3 is 9.88 Å². The minimum Gasteiger partial charge on any atom is -0.355 e. The third-order valence-corrected chi connectivity index (χ3v) is 3.61. The first-order chi connectivity index (χ1) is 10.8. The average Bonchev–Trinajstić information content (AvgIpc) is 2.86. The fourth-order valence-corrected chi connectivity index (χ4v) is 2.61. The molecule has 3 rings (SSSR count). The minimum absolute atomic E-state index is 0.0139. The predicted molar refractivity (Wildman–Crippen MR) is 87.7 cm³/mol. The Hall–Kier alpha value is -2.62. The van der Waals surface area contributed by atoms with Gasteiger partial charge in [0.25, 0.3) is 0 Å². The van der Waals surface area contributed by atoms with Crippen molar-refractivity contribution in [2.45, 2.75) is 19.9 Å². The molecular weight excluding hydrogens is 274 g/mol. The lowest BCUT2D eigenvalue weighted by Gasteiger charge is -2.09. The largest absolute Gasteiger partial charge is 0.355 e. The zero-order valence-electron chi connectivity index (χ0n) is 12.6. The van der Waals surface area contributed by atoms with Crippen LogP contribution in [0.5, 0.6) is 0 Å². The molecule has 0 saturated carbocycles. The van der Waals surface area contributed by atoms with E-state index in [1.165, 1.54) is 5.56 Å². The second-order valence-corrected chi connectivity index (χ2v) is 5.22. The maximum Gasteiger partial charge on any atom is 0.239 e. The molecule has 1 aromatic heterocycles. The van der Waals surface area contributed by atoms with E-state index in [2.05, 4.69) is 17.4 Å². The maximum atomic E-state index is 12.0. The molecule has 112 valence electrons. The Morgan fingerprint density at radius 1 is 1.09 bits per heavy atom. The van der Waals surface area contributed by atoms with E-state index in [-0.39, 0.29) is 5.91 Å². The third kappa shape index (κ3) is 3.01. The van der Waals surface area contributed by atoms with Gasteiger partial charge in [0.15, 0.2) is 0 Å². The maximum absolute atomic E-state index is 12.0. The summed E-state index contributed by atoms with van der Waals surface area (Å²) in [5, 5.41) is 2.85. The van der Waals surface area contributed by atoms with Crippen LogP contribution in [0.3, 0.4) is 0 Å². The molecular formula is C18H19N3O. The van der Waals surface area contributed by atoms with Gasteiger partial charge in [0.05, 0.1) is 11.0 Å². The monoisotopic (exact) mass is 293 g/mol. The molecule has 0 radical (unpaired) electrons. The fraction of sp³-hybridized carbons (Fsp3) is 0.222. The Bertz CT molecular complexity index is 777. The molecule has 0 fully saturated rings. The molecule has 0 spiro atoms. The standard InChI is InChI=1S/C18H19N3O/c1-2-19-18(22)13-21-16-11-7-6-10-15(16)20-17(21)12-14-8-4-3-5-9-14/h3-11H,2,12-13H2,1H3,(H,19,22). The van der Waals surface area contributed by atoms with E-state index in [1.54, 1.807) is 0 Å². The summed E-state index contributed by atoms with van der Waals surface area (Å²) < 4.78 is 2.01. The van der Waals surface area contributed by atoms with Crippen molar-refractivity contribution < 1.29 is 4.79 Å². The summed E-state index contributed by atoms with van der Waals surface area (Å²) in [5.41, 5.74) is 3.12. The van der Waals surface area contributed by atoms with E-state index in [0.717, 1.165) is 23.3 Å². The number of carbonyl (C=O) groups excluding carboxylic acids is 1. The quantitative estimate of drug-likeness (QED) is 0.786. The molecule has 0 aliphatic rings. The zero-order chi connectivity index (χ0) is 15.4. The summed E-state index contributed by atoms with van der Waals surface area (Å²) in [7, 11) is 0. The summed E-state index contributed by atoms with van der Waals surface area (Å²) >= 11 is 0. The molecule has 0 aliphatic carbocycles. The summed E-state index contributed by atoms with van der Waals surface area (Å²) in [4.78, 5) is 16.7. The summed E-state index contributed by atoms with van der Waals surface area (Å²) in [6.07, 6.45) is 0.717. The molecule has 22 heavy (non-hydrogen) atoms. The van der Waals surface area contributed by atoms with Gasteiger partial charge in [-0.1, -0.05) is 42.5 Å². The molecule has 0 atom stereocenters. The number of amides is 1. The third-order valence-electron chi connectivity index (χ3n) is 3.61. The molecule has 2 aromatic carbocycles. The Balaban J connectivity index is 1.99. The Morgan fingerprint density at radius 3 is 2.59 bits per heavy atom. The Morgan fingerprint density at radius 2 is 1.82 bits per heavy atom. The SMILES string of the molecule is CCNC(=O)Cn1c(Cc2ccccc2)nc2ccccc21. The van der Waals surface area contributed by atoms with Crippen LogP contribution in [0.4, 0.5) is 0 Å². The summed E-state index contributed by atoms with van der Waals surface area (Å²) in [5.74, 6) is 0.929. The van der Waals surface area contributed by atoms with Crippen molar-refractivity contribution >= 4 is 16.9 Å². The predicted octanol–water partition coefficient (Wildman–Crippen LogP) is 2.76. The van der Waals surface area contributed by atoms with Crippen molar-refractivity contribution in [3.05, 3.63) is 66.0 Å². The minimum atomic E-state index is 0.0139. The number of para-hydroxylation sites is 2. The van der Waals surface area contributed by atoms with Crippen molar-refractivity contribution in [1.29, 1.82) is 0 Å². The van der Waals surface area contributed by atoms with E-state index >= 15 is 0 Å². The first-order valence-electron chi connectivity index (χ1n) is 7.52. The van der Waals surface area contributed by atoms with Gasteiger partial charge in [-0.15, -0.1) is 0 Å². The van der Waals surface area contributed by atoms with Crippen LogP contribution in [0.25, 0.3) is 11.0 Å². The highest BCUT2D eigenvalue weighted by molar-refractivity contribution is 5.81. The van der Waals surface area contributed by atoms with E-state index < -0.39 is 0 Å². The van der Waals surface area contributed by atoms with Crippen molar-refractivity contribution in [2.75, 3.05) is 6.54 Å². The Labute approximate surface area is 129 Å². The molecule has 3 aromatic rings. The smallest absolute Gasteiger partial charge is 0.239 e. The zero-order valence-corrected chi connectivity index (χ0v) is 12.6. The van der Waals surface area contributed by atoms with Crippen LogP contribution in [0.1, 0.15) is 18.3 Å². The van der Waals surface area contributed by atoms with Gasteiger partial charge in [-0.2, -0.15) is 0 Å². The number of likely N-dealkylation sites (N-methyl/N-ethyl adjacent to an activating group) is 1. The Kier molecular flexibility index (Phi) is 4.19. The summed E-state index contributed by atoms with van der Waals surface area (Å²) in [6.45, 7) is 2.87. The molecule has 4 heteroatoms. The number of fused-ring (bicyclic) bond motifs is 1. The highest BCUT2D eigenvalue weighted by atomic mass is 16.1. The molecule has 0 unspecified atom stereocenters. The van der Waals surface area contributed by atoms with Gasteiger partial charge in [0.2, 0.25) is 5.91 Å².